The Kier molecular flexibility index (Phi) is 5.12. The van der Waals surface area contributed by atoms with E-state index in [1.165, 1.54) is 5.69 Å². The number of nitrogens with one attached hydrogen (secondary N) is 1. The van der Waals surface area contributed by atoms with E-state index in [2.05, 4.69) is 46.1 Å². The molecule has 14 heavy (non-hydrogen) atoms. The molecule has 0 saturated carbocycles. The van der Waals surface area contributed by atoms with Crippen LogP contribution in [0.3, 0.4) is 0 Å². The normalized spacial score (nSPS) is 10.9. The van der Waals surface area contributed by atoms with E-state index in [0.717, 1.165) is 23.9 Å². The molecule has 78 valence electrons. The highest BCUT2D eigenvalue weighted by Crippen LogP contribution is 2.08. The van der Waals surface area contributed by atoms with Gasteiger partial charge in [-0.05, 0) is 47.4 Å². The minimum atomic E-state index is 0.577. The van der Waals surface area contributed by atoms with Gasteiger partial charge in [0, 0.05) is 22.4 Å². The Hall–Kier alpha value is -0.410. The average molecular weight is 257 g/mol. The minimum Gasteiger partial charge on any atom is -0.315 e. The Bertz CT molecular complexity index is 256. The Morgan fingerprint density at radius 3 is 2.79 bits per heavy atom. The summed E-state index contributed by atoms with van der Waals surface area (Å²) in [6.07, 6.45) is 4.05. The fourth-order valence-electron chi connectivity index (χ4n) is 1.21. The lowest BCUT2D eigenvalue weighted by atomic mass is 10.2. The highest BCUT2D eigenvalue weighted by molar-refractivity contribution is 9.10. The van der Waals surface area contributed by atoms with Gasteiger partial charge in [-0.2, -0.15) is 0 Å². The number of halogens is 1. The summed E-state index contributed by atoms with van der Waals surface area (Å²) in [5.41, 5.74) is 1.17. The van der Waals surface area contributed by atoms with E-state index in [4.69, 9.17) is 0 Å². The Morgan fingerprint density at radius 2 is 2.21 bits per heavy atom. The molecule has 1 N–H and O–H groups in total. The first kappa shape index (κ1) is 11.7. The first-order valence-electron chi connectivity index (χ1n) is 5.02. The molecule has 0 radical (unpaired) electrons. The zero-order chi connectivity index (χ0) is 10.4. The first-order valence-corrected chi connectivity index (χ1v) is 5.81. The highest BCUT2D eigenvalue weighted by Gasteiger charge is 1.95. The predicted octanol–water partition coefficient (Wildman–Crippen LogP) is 2.77. The lowest BCUT2D eigenvalue weighted by Crippen LogP contribution is -2.23. The topological polar surface area (TPSA) is 24.9 Å². The molecule has 1 rings (SSSR count). The van der Waals surface area contributed by atoms with Crippen molar-refractivity contribution < 1.29 is 0 Å². The van der Waals surface area contributed by atoms with Crippen LogP contribution >= 0.6 is 15.9 Å². The van der Waals surface area contributed by atoms with Crippen LogP contribution in [0.15, 0.2) is 22.8 Å². The third-order valence-electron chi connectivity index (χ3n) is 1.95. The second-order valence-corrected chi connectivity index (χ2v) is 4.60. The lowest BCUT2D eigenvalue weighted by Gasteiger charge is -2.07. The molecule has 2 nitrogen and oxygen atoms in total. The third-order valence-corrected chi connectivity index (χ3v) is 2.42. The van der Waals surface area contributed by atoms with Crippen molar-refractivity contribution >= 4 is 15.9 Å². The fourth-order valence-corrected chi connectivity index (χ4v) is 1.45. The molecule has 0 aliphatic rings. The van der Waals surface area contributed by atoms with Gasteiger partial charge in [-0.3, -0.25) is 4.98 Å². The van der Waals surface area contributed by atoms with Crippen LogP contribution in [0.25, 0.3) is 0 Å². The average Bonchev–Trinajstić information content (AvgIpc) is 2.15. The Labute approximate surface area is 94.3 Å². The van der Waals surface area contributed by atoms with Gasteiger partial charge in [0.1, 0.15) is 0 Å². The molecular weight excluding hydrogens is 240 g/mol. The smallest absolute Gasteiger partial charge is 0.0413 e. The van der Waals surface area contributed by atoms with Crippen LogP contribution in [-0.2, 0) is 6.42 Å². The first-order chi connectivity index (χ1) is 6.68. The van der Waals surface area contributed by atoms with Gasteiger partial charge in [-0.25, -0.2) is 0 Å². The largest absolute Gasteiger partial charge is 0.315 e. The molecule has 1 aromatic heterocycles. The van der Waals surface area contributed by atoms with Crippen LogP contribution in [0, 0.1) is 0 Å². The Balaban J connectivity index is 2.21. The van der Waals surface area contributed by atoms with Gasteiger partial charge in [-0.1, -0.05) is 13.8 Å². The van der Waals surface area contributed by atoms with E-state index in [1.807, 2.05) is 12.3 Å². The van der Waals surface area contributed by atoms with Crippen molar-refractivity contribution in [1.82, 2.24) is 10.3 Å². The van der Waals surface area contributed by atoms with Crippen LogP contribution in [0.1, 0.15) is 26.0 Å². The maximum absolute atomic E-state index is 4.32. The summed E-state index contributed by atoms with van der Waals surface area (Å²) in [5, 5.41) is 3.39. The Morgan fingerprint density at radius 1 is 1.43 bits per heavy atom. The fraction of sp³-hybridized carbons (Fsp3) is 0.545. The highest BCUT2D eigenvalue weighted by atomic mass is 79.9. The molecule has 0 bridgehead atoms. The number of hydrogen-bond acceptors (Lipinski definition) is 2. The summed E-state index contributed by atoms with van der Waals surface area (Å²) in [6.45, 7) is 5.39. The van der Waals surface area contributed by atoms with Gasteiger partial charge >= 0.3 is 0 Å². The molecule has 0 fully saturated rings. The molecule has 0 aromatic carbocycles. The van der Waals surface area contributed by atoms with Crippen LogP contribution in [0.5, 0.6) is 0 Å². The number of hydrogen-bond donors (Lipinski definition) is 1. The van der Waals surface area contributed by atoms with E-state index in [-0.39, 0.29) is 0 Å². The van der Waals surface area contributed by atoms with Crippen molar-refractivity contribution in [2.24, 2.45) is 0 Å². The third kappa shape index (κ3) is 4.72. The van der Waals surface area contributed by atoms with Crippen molar-refractivity contribution in [3.05, 3.63) is 28.5 Å². The summed E-state index contributed by atoms with van der Waals surface area (Å²) in [5.74, 6) is 0. The van der Waals surface area contributed by atoms with Crippen LogP contribution < -0.4 is 5.32 Å². The van der Waals surface area contributed by atoms with E-state index in [0.29, 0.717) is 6.04 Å². The number of nitrogens with zero attached hydrogens (tertiary/aromatic N) is 1. The molecule has 0 saturated heterocycles. The maximum Gasteiger partial charge on any atom is 0.0413 e. The van der Waals surface area contributed by atoms with Gasteiger partial charge in [0.2, 0.25) is 0 Å². The lowest BCUT2D eigenvalue weighted by molar-refractivity contribution is 0.568. The van der Waals surface area contributed by atoms with Crippen molar-refractivity contribution in [3.63, 3.8) is 0 Å². The van der Waals surface area contributed by atoms with E-state index in [1.54, 1.807) is 0 Å². The monoisotopic (exact) mass is 256 g/mol. The predicted molar refractivity (Wildman–Crippen MR) is 63.4 cm³/mol. The zero-order valence-electron chi connectivity index (χ0n) is 8.76. The van der Waals surface area contributed by atoms with E-state index in [9.17, 15) is 0 Å². The summed E-state index contributed by atoms with van der Waals surface area (Å²) in [4.78, 5) is 4.32. The molecule has 0 spiro atoms. The van der Waals surface area contributed by atoms with Crippen molar-refractivity contribution in [3.8, 4) is 0 Å². The van der Waals surface area contributed by atoms with Crippen LogP contribution in [0.2, 0.25) is 0 Å². The number of rotatable bonds is 5. The van der Waals surface area contributed by atoms with Crippen LogP contribution in [0.4, 0.5) is 0 Å². The molecule has 3 heteroatoms. The van der Waals surface area contributed by atoms with E-state index < -0.39 is 0 Å². The van der Waals surface area contributed by atoms with Gasteiger partial charge in [0.05, 0.1) is 0 Å². The van der Waals surface area contributed by atoms with Gasteiger partial charge in [-0.15, -0.1) is 0 Å². The van der Waals surface area contributed by atoms with Crippen LogP contribution in [-0.4, -0.2) is 17.6 Å². The molecule has 0 aliphatic carbocycles. The minimum absolute atomic E-state index is 0.577. The maximum atomic E-state index is 4.32. The van der Waals surface area contributed by atoms with Gasteiger partial charge in [0.25, 0.3) is 0 Å². The summed E-state index contributed by atoms with van der Waals surface area (Å²) < 4.78 is 1.04. The van der Waals surface area contributed by atoms with E-state index >= 15 is 0 Å². The molecule has 0 unspecified atom stereocenters. The van der Waals surface area contributed by atoms with Crippen molar-refractivity contribution in [1.29, 1.82) is 0 Å². The number of aromatic nitrogens is 1. The summed E-state index contributed by atoms with van der Waals surface area (Å²) in [6, 6.07) is 4.69. The number of pyridine rings is 1. The van der Waals surface area contributed by atoms with Crippen molar-refractivity contribution in [2.45, 2.75) is 32.7 Å². The molecule has 1 aromatic rings. The molecule has 0 aliphatic heterocycles. The zero-order valence-corrected chi connectivity index (χ0v) is 10.3. The standard InChI is InChI=1S/C11H17BrN2/c1-9(2)13-7-3-4-11-6-5-10(12)8-14-11/h5-6,8-9,13H,3-4,7H2,1-2H3. The SMILES string of the molecule is CC(C)NCCCc1ccc(Br)cn1. The summed E-state index contributed by atoms with van der Waals surface area (Å²) in [7, 11) is 0. The molecule has 0 atom stereocenters. The summed E-state index contributed by atoms with van der Waals surface area (Å²) >= 11 is 3.37. The van der Waals surface area contributed by atoms with Gasteiger partial charge < -0.3 is 5.32 Å². The van der Waals surface area contributed by atoms with Gasteiger partial charge in [0.15, 0.2) is 0 Å². The number of aryl methyl sites for hydroxylation is 1. The molecule has 1 heterocycles. The van der Waals surface area contributed by atoms with Crippen molar-refractivity contribution in [2.75, 3.05) is 6.54 Å². The molecular formula is C11H17BrN2. The quantitative estimate of drug-likeness (QED) is 0.820. The second-order valence-electron chi connectivity index (χ2n) is 3.68. The second kappa shape index (κ2) is 6.14. The molecule has 0 amide bonds.